The summed E-state index contributed by atoms with van der Waals surface area (Å²) >= 11 is 0.224. The van der Waals surface area contributed by atoms with Crippen LogP contribution in [0.1, 0.15) is 20.8 Å². The zero-order chi connectivity index (χ0) is 56.3. The molecule has 0 radical (unpaired) electrons. The number of phenols is 1. The highest BCUT2D eigenvalue weighted by molar-refractivity contribution is 7.94. The van der Waals surface area contributed by atoms with Crippen molar-refractivity contribution in [1.29, 1.82) is 0 Å². The summed E-state index contributed by atoms with van der Waals surface area (Å²) in [5.74, 6) is -2.00. The van der Waals surface area contributed by atoms with Gasteiger partial charge in [-0.15, -0.1) is 29.1 Å². The number of carbonyl (C=O) groups excluding carboxylic acids is 1. The molecular formula is C42H42N10O19S6. The van der Waals surface area contributed by atoms with Crippen molar-refractivity contribution in [2.75, 3.05) is 46.1 Å². The maximum Gasteiger partial charge on any atom is 0.296 e. The van der Waals surface area contributed by atoms with Crippen molar-refractivity contribution in [1.82, 2.24) is 0 Å². The molecular weight excluding hydrogens is 1140 g/mol. The van der Waals surface area contributed by atoms with Crippen molar-refractivity contribution in [2.45, 2.75) is 45.2 Å². The van der Waals surface area contributed by atoms with Crippen molar-refractivity contribution in [3.8, 4) is 5.75 Å². The van der Waals surface area contributed by atoms with Crippen LogP contribution in [0.25, 0.3) is 10.8 Å². The lowest BCUT2D eigenvalue weighted by Gasteiger charge is -2.22. The smallest absolute Gasteiger partial charge is 0.296 e. The van der Waals surface area contributed by atoms with E-state index in [4.69, 9.17) is 20.4 Å². The molecule has 0 spiro atoms. The number of phenolic OH excluding ortho intramolecular Hbond substituents is 1. The molecule has 9 N–H and O–H groups in total. The fraction of sp³-hybridized carbons (Fsp3) is 0.167. The number of nitrogens with zero attached hydrogens (tertiary/aromatic N) is 7. The summed E-state index contributed by atoms with van der Waals surface area (Å²) in [5, 5.41) is 61.6. The van der Waals surface area contributed by atoms with Crippen LogP contribution < -0.4 is 20.7 Å². The first-order valence-electron chi connectivity index (χ1n) is 21.4. The first-order chi connectivity index (χ1) is 36.4. The first kappa shape index (κ1) is 59.4. The largest absolute Gasteiger partial charge is 0.505 e. The van der Waals surface area contributed by atoms with Gasteiger partial charge in [0.2, 0.25) is 5.91 Å². The fourth-order valence-electron chi connectivity index (χ4n) is 6.84. The molecule has 6 aromatic rings. The predicted octanol–water partition coefficient (Wildman–Crippen LogP) is 9.68. The second-order valence-electron chi connectivity index (χ2n) is 15.3. The Bertz CT molecular complexity index is 3720. The number of hydrogen-bond donors (Lipinski definition) is 8. The average Bonchev–Trinajstić information content (AvgIpc) is 3.39. The third-order valence-electron chi connectivity index (χ3n) is 10.3. The Morgan fingerprint density at radius 3 is 1.88 bits per heavy atom. The summed E-state index contributed by atoms with van der Waals surface area (Å²) in [5.41, 5.74) is 5.79. The normalized spacial score (nSPS) is 12.6. The number of amides is 1. The van der Waals surface area contributed by atoms with Gasteiger partial charge < -0.3 is 21.1 Å². The number of rotatable bonds is 25. The lowest BCUT2D eigenvalue weighted by molar-refractivity contribution is -0.434. The minimum Gasteiger partial charge on any atom is -0.505 e. The Morgan fingerprint density at radius 1 is 0.688 bits per heavy atom. The Balaban J connectivity index is 1.27. The minimum absolute atomic E-state index is 0.0704. The van der Waals surface area contributed by atoms with Gasteiger partial charge in [-0.2, -0.15) is 27.1 Å². The van der Waals surface area contributed by atoms with E-state index in [1.165, 1.54) is 43.3 Å². The molecule has 0 aliphatic rings. The first-order valence-corrected chi connectivity index (χ1v) is 28.8. The highest BCUT2D eigenvalue weighted by atomic mass is 32.2. The number of carbonyl (C=O) groups is 1. The third kappa shape index (κ3) is 15.2. The highest BCUT2D eigenvalue weighted by Crippen LogP contribution is 2.50. The van der Waals surface area contributed by atoms with E-state index in [-0.39, 0.29) is 56.8 Å². The number of anilines is 4. The molecule has 29 nitrogen and oxygen atoms in total. The van der Waals surface area contributed by atoms with Crippen molar-refractivity contribution in [3.63, 3.8) is 0 Å². The monoisotopic (exact) mass is 1180 g/mol. The molecule has 410 valence electrons. The number of azo groups is 3. The molecule has 0 unspecified atom stereocenters. The number of nitrogens with two attached hydrogens (primary N) is 1. The van der Waals surface area contributed by atoms with Crippen LogP contribution in [-0.2, 0) is 67.8 Å². The van der Waals surface area contributed by atoms with Gasteiger partial charge >= 0.3 is 0 Å². The van der Waals surface area contributed by atoms with Gasteiger partial charge in [0.15, 0.2) is 27.9 Å². The molecule has 0 atom stereocenters. The second-order valence-corrected chi connectivity index (χ2v) is 23.1. The Kier molecular flexibility index (Phi) is 19.7. The molecule has 77 heavy (non-hydrogen) atoms. The van der Waals surface area contributed by atoms with E-state index in [0.717, 1.165) is 55.2 Å². The fourth-order valence-corrected chi connectivity index (χ4v) is 11.2. The van der Waals surface area contributed by atoms with E-state index in [0.29, 0.717) is 23.1 Å². The van der Waals surface area contributed by atoms with Gasteiger partial charge in [0.1, 0.15) is 32.5 Å². The lowest BCUT2D eigenvalue weighted by atomic mass is 10.1. The summed E-state index contributed by atoms with van der Waals surface area (Å²) in [6.07, 6.45) is 0. The van der Waals surface area contributed by atoms with Crippen LogP contribution in [0.5, 0.6) is 5.75 Å². The van der Waals surface area contributed by atoms with Gasteiger partial charge in [-0.25, -0.2) is 27.4 Å². The van der Waals surface area contributed by atoms with Crippen molar-refractivity contribution in [3.05, 3.63) is 97.1 Å². The zero-order valence-corrected chi connectivity index (χ0v) is 44.6. The van der Waals surface area contributed by atoms with Crippen LogP contribution >= 0.6 is 24.4 Å². The lowest BCUT2D eigenvalue weighted by Crippen LogP contribution is -2.21. The van der Waals surface area contributed by atoms with Gasteiger partial charge in [-0.3, -0.25) is 22.8 Å². The van der Waals surface area contributed by atoms with Crippen LogP contribution in [0, 0.1) is 0 Å². The molecule has 0 saturated carbocycles. The van der Waals surface area contributed by atoms with Crippen LogP contribution in [0.15, 0.2) is 152 Å². The van der Waals surface area contributed by atoms with Gasteiger partial charge in [0.05, 0.1) is 67.2 Å². The van der Waals surface area contributed by atoms with Crippen molar-refractivity contribution in [2.24, 2.45) is 30.7 Å². The SMILES string of the molecule is CCN(CC)c1ccc(N=Nc2ccc(NS(=O)(=O)c3ccc(N=Nc4c(S(=O)(=O)O)cc5cc(SOOO)c(N=Nc6ccc(S(=O)(=O)CCOSOOO)cc6S(=O)(=O)O)c(O)c5c4N)cc3)cc2)c(NC(C)=O)c1. The summed E-state index contributed by atoms with van der Waals surface area (Å²) in [4.78, 5) is 10.8. The number of nitrogen functional groups attached to an aromatic ring is 1. The molecule has 1 amide bonds. The molecule has 0 aliphatic heterocycles. The quantitative estimate of drug-likeness (QED) is 0.00502. The number of nitrogens with one attached hydrogen (secondary N) is 2. The molecule has 35 heteroatoms. The highest BCUT2D eigenvalue weighted by Gasteiger charge is 2.27. The summed E-state index contributed by atoms with van der Waals surface area (Å²) in [6, 6.07) is 20.1. The van der Waals surface area contributed by atoms with Gasteiger partial charge in [-0.05, 0) is 116 Å². The van der Waals surface area contributed by atoms with Crippen LogP contribution in [0.4, 0.5) is 56.9 Å². The van der Waals surface area contributed by atoms with Crippen LogP contribution in [0.2, 0.25) is 0 Å². The van der Waals surface area contributed by atoms with E-state index in [2.05, 4.69) is 64.4 Å². The van der Waals surface area contributed by atoms with Crippen LogP contribution in [-0.4, -0.2) is 89.8 Å². The van der Waals surface area contributed by atoms with Gasteiger partial charge in [0, 0.05) is 31.4 Å². The number of sulfone groups is 1. The van der Waals surface area contributed by atoms with Gasteiger partial charge in [0.25, 0.3) is 30.3 Å². The number of aromatic hydroxyl groups is 1. The minimum atomic E-state index is -5.26. The average molecular weight is 1180 g/mol. The standard InChI is InChI=1S/C42H42N10O19S6/c1-4-52(5-2)29-12-16-32(34(22-29)44-24(3)53)47-45-26-6-8-28(9-7-26)51-75(59,60)30-13-10-27(11-14-30)46-50-41-37(77(64,65)66)21-25-20-35(72-70-68-55)40(42(54)38(25)39(41)43)49-48-33-17-15-31(23-36(33)76(61,62)63)74(57,58)19-18-67-73-71-69-56/h6-17,20-23,51,54-56H,4-5,18-19,43H2,1-3H3,(H,44,53)(H,61,62,63)(H,64,65,66). The van der Waals surface area contributed by atoms with E-state index in [1.807, 2.05) is 19.9 Å². The molecule has 6 aromatic carbocycles. The molecule has 0 bridgehead atoms. The maximum absolute atomic E-state index is 13.4. The number of sulfonamides is 1. The van der Waals surface area contributed by atoms with Crippen LogP contribution in [0.3, 0.4) is 0 Å². The molecule has 6 rings (SSSR count). The summed E-state index contributed by atoms with van der Waals surface area (Å²) in [7, 11) is -19.0. The Hall–Kier alpha value is -6.81. The number of benzene rings is 6. The summed E-state index contributed by atoms with van der Waals surface area (Å²) in [6.45, 7) is 6.32. The number of fused-ring (bicyclic) bond motifs is 1. The molecule has 0 aromatic heterocycles. The summed E-state index contributed by atoms with van der Waals surface area (Å²) < 4.78 is 139. The molecule has 0 aliphatic carbocycles. The number of hydrogen-bond acceptors (Lipinski definition) is 27. The maximum atomic E-state index is 13.4. The van der Waals surface area contributed by atoms with E-state index < -0.39 is 101 Å². The molecule has 0 heterocycles. The van der Waals surface area contributed by atoms with Crippen molar-refractivity contribution < 1.29 is 86.1 Å². The topological polar surface area (TPSA) is 428 Å². The van der Waals surface area contributed by atoms with Crippen molar-refractivity contribution >= 4 is 138 Å². The third-order valence-corrected chi connectivity index (χ3v) is 16.2. The predicted molar refractivity (Wildman–Crippen MR) is 278 cm³/mol. The zero-order valence-electron chi connectivity index (χ0n) is 39.7. The second kappa shape index (κ2) is 25.6. The molecule has 0 fully saturated rings. The Labute approximate surface area is 446 Å². The van der Waals surface area contributed by atoms with E-state index in [9.17, 15) is 52.7 Å². The van der Waals surface area contributed by atoms with E-state index >= 15 is 0 Å². The molecule has 0 saturated heterocycles. The Morgan fingerprint density at radius 2 is 1.27 bits per heavy atom. The van der Waals surface area contributed by atoms with E-state index in [1.54, 1.807) is 12.1 Å². The van der Waals surface area contributed by atoms with Gasteiger partial charge in [-0.1, -0.05) is 10.1 Å².